The van der Waals surface area contributed by atoms with E-state index in [4.69, 9.17) is 5.73 Å². The number of piperazine rings is 1. The quantitative estimate of drug-likeness (QED) is 0.842. The van der Waals surface area contributed by atoms with Crippen LogP contribution in [0.5, 0.6) is 0 Å². The van der Waals surface area contributed by atoms with Gasteiger partial charge in [0.25, 0.3) is 0 Å². The van der Waals surface area contributed by atoms with E-state index in [1.165, 1.54) is 16.6 Å². The molecule has 1 aromatic heterocycles. The maximum Gasteiger partial charge on any atom is 0.0506 e. The van der Waals surface area contributed by atoms with Gasteiger partial charge in [-0.3, -0.25) is 4.90 Å². The molecule has 0 unspecified atom stereocenters. The van der Waals surface area contributed by atoms with Crippen molar-refractivity contribution < 1.29 is 0 Å². The van der Waals surface area contributed by atoms with Crippen LogP contribution in [-0.2, 0) is 6.54 Å². The lowest BCUT2D eigenvalue weighted by atomic mass is 10.2. The van der Waals surface area contributed by atoms with Crippen molar-refractivity contribution in [3.63, 3.8) is 0 Å². The Morgan fingerprint density at radius 2 is 1.95 bits per heavy atom. The maximum absolute atomic E-state index is 5.95. The van der Waals surface area contributed by atoms with Crippen LogP contribution in [0.25, 0.3) is 10.9 Å². The highest BCUT2D eigenvalue weighted by molar-refractivity contribution is 5.84. The fourth-order valence-electron chi connectivity index (χ4n) is 3.13. The van der Waals surface area contributed by atoms with Gasteiger partial charge in [-0.05, 0) is 32.0 Å². The molecule has 108 valence electrons. The summed E-state index contributed by atoms with van der Waals surface area (Å²) < 4.78 is 2.42. The van der Waals surface area contributed by atoms with Gasteiger partial charge < -0.3 is 15.6 Å². The minimum atomic E-state index is 0.451. The van der Waals surface area contributed by atoms with E-state index in [1.54, 1.807) is 0 Å². The SMILES string of the molecule is CC(C)n1c(CN2CCNCC2)cc2ccc(N)cc21. The average Bonchev–Trinajstić information content (AvgIpc) is 2.77. The van der Waals surface area contributed by atoms with Crippen molar-refractivity contribution in [2.24, 2.45) is 0 Å². The highest BCUT2D eigenvalue weighted by Gasteiger charge is 2.16. The Hall–Kier alpha value is -1.52. The zero-order chi connectivity index (χ0) is 14.1. The van der Waals surface area contributed by atoms with Gasteiger partial charge in [-0.2, -0.15) is 0 Å². The minimum absolute atomic E-state index is 0.451. The zero-order valence-electron chi connectivity index (χ0n) is 12.4. The Balaban J connectivity index is 1.98. The van der Waals surface area contributed by atoms with Gasteiger partial charge in [-0.25, -0.2) is 0 Å². The number of nitrogens with one attached hydrogen (secondary N) is 1. The Morgan fingerprint density at radius 3 is 2.65 bits per heavy atom. The molecule has 3 rings (SSSR count). The highest BCUT2D eigenvalue weighted by atomic mass is 15.2. The van der Waals surface area contributed by atoms with E-state index in [2.05, 4.69) is 46.8 Å². The third-order valence-electron chi connectivity index (χ3n) is 4.06. The number of fused-ring (bicyclic) bond motifs is 1. The summed E-state index contributed by atoms with van der Waals surface area (Å²) in [7, 11) is 0. The average molecular weight is 272 g/mol. The van der Waals surface area contributed by atoms with E-state index in [0.717, 1.165) is 38.4 Å². The zero-order valence-corrected chi connectivity index (χ0v) is 12.4. The number of nitrogen functional groups attached to an aromatic ring is 1. The molecule has 0 amide bonds. The van der Waals surface area contributed by atoms with Gasteiger partial charge in [0.05, 0.1) is 5.52 Å². The predicted octanol–water partition coefficient (Wildman–Crippen LogP) is 2.21. The van der Waals surface area contributed by atoms with Gasteiger partial charge >= 0.3 is 0 Å². The van der Waals surface area contributed by atoms with Crippen molar-refractivity contribution in [2.45, 2.75) is 26.4 Å². The number of nitrogens with two attached hydrogens (primary N) is 1. The van der Waals surface area contributed by atoms with Crippen LogP contribution in [0.4, 0.5) is 5.69 Å². The lowest BCUT2D eigenvalue weighted by molar-refractivity contribution is 0.227. The first-order valence-corrected chi connectivity index (χ1v) is 7.47. The summed E-state index contributed by atoms with van der Waals surface area (Å²) in [6, 6.07) is 8.98. The number of benzene rings is 1. The van der Waals surface area contributed by atoms with Crippen LogP contribution in [0.3, 0.4) is 0 Å². The standard InChI is InChI=1S/C16H24N4/c1-12(2)20-15(11-19-7-5-18-6-8-19)9-13-3-4-14(17)10-16(13)20/h3-4,9-10,12,18H,5-8,11,17H2,1-2H3. The van der Waals surface area contributed by atoms with Crippen molar-refractivity contribution in [2.75, 3.05) is 31.9 Å². The number of hydrogen-bond acceptors (Lipinski definition) is 3. The Labute approximate surface area is 120 Å². The number of aromatic nitrogens is 1. The van der Waals surface area contributed by atoms with Gasteiger partial charge in [-0.15, -0.1) is 0 Å². The molecule has 2 heterocycles. The molecule has 0 saturated carbocycles. The summed E-state index contributed by atoms with van der Waals surface area (Å²) in [6.07, 6.45) is 0. The topological polar surface area (TPSA) is 46.2 Å². The smallest absolute Gasteiger partial charge is 0.0506 e. The van der Waals surface area contributed by atoms with Crippen LogP contribution in [-0.4, -0.2) is 35.6 Å². The second-order valence-electron chi connectivity index (χ2n) is 5.94. The first-order valence-electron chi connectivity index (χ1n) is 7.47. The second kappa shape index (κ2) is 5.46. The minimum Gasteiger partial charge on any atom is -0.399 e. The van der Waals surface area contributed by atoms with E-state index >= 15 is 0 Å². The van der Waals surface area contributed by atoms with E-state index in [-0.39, 0.29) is 0 Å². The third-order valence-corrected chi connectivity index (χ3v) is 4.06. The molecule has 1 fully saturated rings. The van der Waals surface area contributed by atoms with Gasteiger partial charge in [0.1, 0.15) is 0 Å². The summed E-state index contributed by atoms with van der Waals surface area (Å²) in [5, 5.41) is 4.70. The van der Waals surface area contributed by atoms with Crippen LogP contribution < -0.4 is 11.1 Å². The second-order valence-corrected chi connectivity index (χ2v) is 5.94. The number of anilines is 1. The summed E-state index contributed by atoms with van der Waals surface area (Å²) in [6.45, 7) is 9.94. The molecule has 20 heavy (non-hydrogen) atoms. The maximum atomic E-state index is 5.95. The van der Waals surface area contributed by atoms with Gasteiger partial charge in [0.2, 0.25) is 0 Å². The van der Waals surface area contributed by atoms with Crippen molar-refractivity contribution in [3.05, 3.63) is 30.0 Å². The summed E-state index contributed by atoms with van der Waals surface area (Å²) >= 11 is 0. The first-order chi connectivity index (χ1) is 9.65. The molecule has 0 radical (unpaired) electrons. The number of rotatable bonds is 3. The van der Waals surface area contributed by atoms with Crippen molar-refractivity contribution in [1.29, 1.82) is 0 Å². The first kappa shape index (κ1) is 13.5. The molecular formula is C16H24N4. The molecule has 1 aliphatic rings. The van der Waals surface area contributed by atoms with E-state index in [0.29, 0.717) is 6.04 Å². The highest BCUT2D eigenvalue weighted by Crippen LogP contribution is 2.27. The molecule has 3 N–H and O–H groups in total. The van der Waals surface area contributed by atoms with Crippen LogP contribution in [0, 0.1) is 0 Å². The van der Waals surface area contributed by atoms with Crippen LogP contribution in [0.2, 0.25) is 0 Å². The Bertz CT molecular complexity index is 594. The molecule has 2 aromatic rings. The Kier molecular flexibility index (Phi) is 3.68. The number of hydrogen-bond donors (Lipinski definition) is 2. The van der Waals surface area contributed by atoms with Gasteiger partial charge in [0, 0.05) is 55.5 Å². The van der Waals surface area contributed by atoms with E-state index in [9.17, 15) is 0 Å². The molecule has 4 nitrogen and oxygen atoms in total. The van der Waals surface area contributed by atoms with E-state index < -0.39 is 0 Å². The predicted molar refractivity (Wildman–Crippen MR) is 84.9 cm³/mol. The monoisotopic (exact) mass is 272 g/mol. The molecule has 1 aliphatic heterocycles. The van der Waals surface area contributed by atoms with Gasteiger partial charge in [-0.1, -0.05) is 6.07 Å². The van der Waals surface area contributed by atoms with Gasteiger partial charge in [0.15, 0.2) is 0 Å². The van der Waals surface area contributed by atoms with Crippen LogP contribution >= 0.6 is 0 Å². The molecule has 4 heteroatoms. The molecule has 1 aromatic carbocycles. The molecular weight excluding hydrogens is 248 g/mol. The largest absolute Gasteiger partial charge is 0.399 e. The summed E-state index contributed by atoms with van der Waals surface area (Å²) in [5.74, 6) is 0. The normalized spacial score (nSPS) is 17.1. The molecule has 0 atom stereocenters. The molecule has 1 saturated heterocycles. The van der Waals surface area contributed by atoms with Crippen LogP contribution in [0.15, 0.2) is 24.3 Å². The van der Waals surface area contributed by atoms with Crippen molar-refractivity contribution >= 4 is 16.6 Å². The summed E-state index contributed by atoms with van der Waals surface area (Å²) in [4.78, 5) is 2.52. The van der Waals surface area contributed by atoms with E-state index in [1.807, 2.05) is 6.07 Å². The molecule has 0 bridgehead atoms. The fraction of sp³-hybridized carbons (Fsp3) is 0.500. The van der Waals surface area contributed by atoms with Crippen molar-refractivity contribution in [3.8, 4) is 0 Å². The lowest BCUT2D eigenvalue weighted by Crippen LogP contribution is -2.43. The van der Waals surface area contributed by atoms with Crippen LogP contribution in [0.1, 0.15) is 25.6 Å². The third kappa shape index (κ3) is 2.53. The lowest BCUT2D eigenvalue weighted by Gasteiger charge is -2.28. The van der Waals surface area contributed by atoms with Crippen molar-refractivity contribution in [1.82, 2.24) is 14.8 Å². The number of nitrogens with zero attached hydrogens (tertiary/aromatic N) is 2. The Morgan fingerprint density at radius 1 is 1.20 bits per heavy atom. The molecule has 0 aliphatic carbocycles. The summed E-state index contributed by atoms with van der Waals surface area (Å²) in [5.41, 5.74) is 9.44. The fourth-order valence-corrected chi connectivity index (χ4v) is 3.13. The molecule has 0 spiro atoms.